The highest BCUT2D eigenvalue weighted by atomic mass is 16.7. The van der Waals surface area contributed by atoms with Gasteiger partial charge in [-0.25, -0.2) is 0 Å². The first-order valence-electron chi connectivity index (χ1n) is 6.33. The quantitative estimate of drug-likeness (QED) is 0.783. The van der Waals surface area contributed by atoms with Crippen LogP contribution in [0.3, 0.4) is 0 Å². The zero-order valence-corrected chi connectivity index (χ0v) is 10.4. The van der Waals surface area contributed by atoms with Gasteiger partial charge in [0.25, 0.3) is 0 Å². The molecule has 2 aliphatic rings. The Balaban J connectivity index is 1.74. The van der Waals surface area contributed by atoms with Crippen LogP contribution < -0.4 is 0 Å². The van der Waals surface area contributed by atoms with Crippen LogP contribution in [0.15, 0.2) is 0 Å². The summed E-state index contributed by atoms with van der Waals surface area (Å²) in [6, 6.07) is 0. The molecule has 2 heterocycles. The first-order chi connectivity index (χ1) is 8.07. The van der Waals surface area contributed by atoms with Crippen molar-refractivity contribution in [2.45, 2.75) is 44.5 Å². The van der Waals surface area contributed by atoms with Gasteiger partial charge in [0.1, 0.15) is 0 Å². The molecule has 2 rings (SSSR count). The van der Waals surface area contributed by atoms with Gasteiger partial charge in [-0.2, -0.15) is 0 Å². The van der Waals surface area contributed by atoms with E-state index in [-0.39, 0.29) is 12.5 Å². The zero-order chi connectivity index (χ0) is 12.3. The molecule has 0 radical (unpaired) electrons. The highest BCUT2D eigenvalue weighted by Gasteiger charge is 2.38. The summed E-state index contributed by atoms with van der Waals surface area (Å²) in [6.45, 7) is 5.59. The number of aliphatic carboxylic acids is 1. The summed E-state index contributed by atoms with van der Waals surface area (Å²) in [4.78, 5) is 13.0. The van der Waals surface area contributed by atoms with Crippen molar-refractivity contribution in [1.29, 1.82) is 0 Å². The maximum Gasteiger partial charge on any atom is 0.306 e. The van der Waals surface area contributed by atoms with Gasteiger partial charge in [-0.05, 0) is 32.9 Å². The molecule has 17 heavy (non-hydrogen) atoms. The fraction of sp³-hybridized carbons (Fsp3) is 0.917. The van der Waals surface area contributed by atoms with E-state index in [4.69, 9.17) is 14.6 Å². The van der Waals surface area contributed by atoms with Gasteiger partial charge < -0.3 is 19.5 Å². The van der Waals surface area contributed by atoms with Crippen molar-refractivity contribution in [3.05, 3.63) is 0 Å². The van der Waals surface area contributed by atoms with Crippen LogP contribution in [-0.4, -0.2) is 54.1 Å². The summed E-state index contributed by atoms with van der Waals surface area (Å²) in [5.74, 6) is -1.43. The second-order valence-corrected chi connectivity index (χ2v) is 5.08. The van der Waals surface area contributed by atoms with Gasteiger partial charge in [-0.3, -0.25) is 4.79 Å². The summed E-state index contributed by atoms with van der Waals surface area (Å²) in [6.07, 6.45) is 3.10. The van der Waals surface area contributed by atoms with Gasteiger partial charge in [-0.15, -0.1) is 0 Å². The van der Waals surface area contributed by atoms with E-state index in [1.807, 2.05) is 6.92 Å². The third kappa shape index (κ3) is 3.66. The Bertz CT molecular complexity index is 278. The van der Waals surface area contributed by atoms with Gasteiger partial charge in [0.15, 0.2) is 5.79 Å². The Morgan fingerprint density at radius 3 is 2.82 bits per heavy atom. The minimum atomic E-state index is -0.831. The SMILES string of the molecule is CC1(CCN2CCCC2)OCC(CC(=O)O)O1. The third-order valence-corrected chi connectivity index (χ3v) is 3.47. The molecule has 5 nitrogen and oxygen atoms in total. The average molecular weight is 243 g/mol. The van der Waals surface area contributed by atoms with Crippen LogP contribution in [0.5, 0.6) is 0 Å². The normalized spacial score (nSPS) is 34.3. The summed E-state index contributed by atoms with van der Waals surface area (Å²) >= 11 is 0. The van der Waals surface area contributed by atoms with Crippen molar-refractivity contribution >= 4 is 5.97 Å². The van der Waals surface area contributed by atoms with Crippen LogP contribution in [0.4, 0.5) is 0 Å². The van der Waals surface area contributed by atoms with Crippen LogP contribution in [0, 0.1) is 0 Å². The molecule has 2 aliphatic heterocycles. The fourth-order valence-corrected chi connectivity index (χ4v) is 2.48. The highest BCUT2D eigenvalue weighted by molar-refractivity contribution is 5.67. The van der Waals surface area contributed by atoms with Crippen LogP contribution >= 0.6 is 0 Å². The Morgan fingerprint density at radius 2 is 2.18 bits per heavy atom. The maximum atomic E-state index is 10.6. The van der Waals surface area contributed by atoms with E-state index >= 15 is 0 Å². The number of carbonyl (C=O) groups is 1. The third-order valence-electron chi connectivity index (χ3n) is 3.47. The smallest absolute Gasteiger partial charge is 0.306 e. The van der Waals surface area contributed by atoms with Crippen LogP contribution in [0.25, 0.3) is 0 Å². The van der Waals surface area contributed by atoms with Crippen molar-refractivity contribution in [2.75, 3.05) is 26.2 Å². The molecule has 2 unspecified atom stereocenters. The van der Waals surface area contributed by atoms with Crippen molar-refractivity contribution in [1.82, 2.24) is 4.90 Å². The van der Waals surface area contributed by atoms with E-state index in [0.717, 1.165) is 26.1 Å². The number of ether oxygens (including phenoxy) is 2. The van der Waals surface area contributed by atoms with E-state index in [0.29, 0.717) is 6.61 Å². The van der Waals surface area contributed by atoms with Gasteiger partial charge in [0.2, 0.25) is 0 Å². The Hall–Kier alpha value is -0.650. The number of rotatable bonds is 5. The fourth-order valence-electron chi connectivity index (χ4n) is 2.48. The number of nitrogens with zero attached hydrogens (tertiary/aromatic N) is 1. The van der Waals surface area contributed by atoms with Gasteiger partial charge in [0, 0.05) is 13.0 Å². The average Bonchev–Trinajstić information content (AvgIpc) is 2.85. The molecule has 0 aromatic carbocycles. The predicted molar refractivity (Wildman–Crippen MR) is 61.8 cm³/mol. The molecule has 0 aromatic rings. The van der Waals surface area contributed by atoms with E-state index in [1.165, 1.54) is 12.8 Å². The monoisotopic (exact) mass is 243 g/mol. The lowest BCUT2D eigenvalue weighted by Gasteiger charge is -2.26. The number of carboxylic acids is 1. The molecule has 2 saturated heterocycles. The number of carboxylic acid groups (broad SMARTS) is 1. The molecule has 0 aliphatic carbocycles. The van der Waals surface area contributed by atoms with E-state index < -0.39 is 11.8 Å². The second-order valence-electron chi connectivity index (χ2n) is 5.08. The molecular weight excluding hydrogens is 222 g/mol. The summed E-state index contributed by atoms with van der Waals surface area (Å²) in [5, 5.41) is 8.70. The minimum absolute atomic E-state index is 0.0271. The van der Waals surface area contributed by atoms with Crippen LogP contribution in [-0.2, 0) is 14.3 Å². The van der Waals surface area contributed by atoms with E-state index in [9.17, 15) is 4.79 Å². The minimum Gasteiger partial charge on any atom is -0.481 e. The summed E-state index contributed by atoms with van der Waals surface area (Å²) in [7, 11) is 0. The molecule has 0 bridgehead atoms. The lowest BCUT2D eigenvalue weighted by molar-refractivity contribution is -0.164. The first-order valence-corrected chi connectivity index (χ1v) is 6.33. The zero-order valence-electron chi connectivity index (χ0n) is 10.4. The molecule has 0 amide bonds. The lowest BCUT2D eigenvalue weighted by Crippen LogP contribution is -2.33. The maximum absolute atomic E-state index is 10.6. The van der Waals surface area contributed by atoms with Crippen molar-refractivity contribution in [3.63, 3.8) is 0 Å². The lowest BCUT2D eigenvalue weighted by atomic mass is 10.2. The largest absolute Gasteiger partial charge is 0.481 e. The molecule has 1 N–H and O–H groups in total. The van der Waals surface area contributed by atoms with Crippen molar-refractivity contribution < 1.29 is 19.4 Å². The summed E-state index contributed by atoms with van der Waals surface area (Å²) in [5.41, 5.74) is 0. The predicted octanol–water partition coefficient (Wildman–Crippen LogP) is 1.08. The van der Waals surface area contributed by atoms with Crippen LogP contribution in [0.1, 0.15) is 32.6 Å². The number of hydrogen-bond acceptors (Lipinski definition) is 4. The second kappa shape index (κ2) is 5.33. The Morgan fingerprint density at radius 1 is 1.47 bits per heavy atom. The topological polar surface area (TPSA) is 59.0 Å². The standard InChI is InChI=1S/C12H21NO4/c1-12(4-7-13-5-2-3-6-13)16-9-10(17-12)8-11(14)15/h10H,2-9H2,1H3,(H,14,15). The molecule has 0 saturated carbocycles. The molecule has 0 aromatic heterocycles. The molecule has 98 valence electrons. The molecule has 5 heteroatoms. The van der Waals surface area contributed by atoms with E-state index in [1.54, 1.807) is 0 Å². The van der Waals surface area contributed by atoms with Crippen molar-refractivity contribution in [3.8, 4) is 0 Å². The number of likely N-dealkylation sites (tertiary alicyclic amines) is 1. The molecule has 2 fully saturated rings. The summed E-state index contributed by atoms with van der Waals surface area (Å²) < 4.78 is 11.3. The molecule has 0 spiro atoms. The molecule has 2 atom stereocenters. The number of hydrogen-bond donors (Lipinski definition) is 1. The van der Waals surface area contributed by atoms with Gasteiger partial charge in [0.05, 0.1) is 19.1 Å². The van der Waals surface area contributed by atoms with Gasteiger partial charge in [-0.1, -0.05) is 0 Å². The highest BCUT2D eigenvalue weighted by Crippen LogP contribution is 2.28. The Kier molecular flexibility index (Phi) is 4.01. The van der Waals surface area contributed by atoms with Gasteiger partial charge >= 0.3 is 5.97 Å². The van der Waals surface area contributed by atoms with Crippen molar-refractivity contribution in [2.24, 2.45) is 0 Å². The van der Waals surface area contributed by atoms with Crippen LogP contribution in [0.2, 0.25) is 0 Å². The Labute approximate surface area is 102 Å². The first kappa shape index (κ1) is 12.8. The van der Waals surface area contributed by atoms with E-state index in [2.05, 4.69) is 4.90 Å². The molecular formula is C12H21NO4.